The number of hydrogen-bond donors (Lipinski definition) is 2. The Hall–Kier alpha value is -1.88. The molecule has 0 bridgehead atoms. The maximum Gasteiger partial charge on any atom is 0.119 e. The minimum Gasteiger partial charge on any atom is -0.489 e. The van der Waals surface area contributed by atoms with E-state index in [9.17, 15) is 5.11 Å². The van der Waals surface area contributed by atoms with E-state index in [1.807, 2.05) is 54.6 Å². The van der Waals surface area contributed by atoms with E-state index < -0.39 is 6.10 Å². The van der Waals surface area contributed by atoms with Crippen LogP contribution in [-0.2, 0) is 6.61 Å². The molecule has 2 aromatic carbocycles. The summed E-state index contributed by atoms with van der Waals surface area (Å²) in [6, 6.07) is 18.0. The van der Waals surface area contributed by atoms with Gasteiger partial charge < -0.3 is 15.2 Å². The van der Waals surface area contributed by atoms with E-state index in [2.05, 4.69) is 17.1 Å². The van der Waals surface area contributed by atoms with Crippen molar-refractivity contribution >= 4 is 0 Å². The van der Waals surface area contributed by atoms with Crippen LogP contribution < -0.4 is 10.1 Å². The second kappa shape index (κ2) is 8.29. The van der Waals surface area contributed by atoms with Crippen LogP contribution in [-0.4, -0.2) is 42.2 Å². The lowest BCUT2D eigenvalue weighted by Gasteiger charge is -2.35. The maximum absolute atomic E-state index is 10.6. The molecule has 4 heteroatoms. The molecule has 0 saturated carbocycles. The zero-order chi connectivity index (χ0) is 16.8. The largest absolute Gasteiger partial charge is 0.489 e. The van der Waals surface area contributed by atoms with Gasteiger partial charge in [-0.2, -0.15) is 0 Å². The Morgan fingerprint density at radius 2 is 1.71 bits per heavy atom. The molecule has 1 saturated heterocycles. The van der Waals surface area contributed by atoms with Crippen LogP contribution in [0.2, 0.25) is 0 Å². The Bertz CT molecular complexity index is 609. The molecule has 128 valence electrons. The van der Waals surface area contributed by atoms with E-state index in [1.54, 1.807) is 0 Å². The van der Waals surface area contributed by atoms with Crippen LogP contribution in [0.1, 0.15) is 24.2 Å². The van der Waals surface area contributed by atoms with Gasteiger partial charge in [0.15, 0.2) is 0 Å². The molecule has 1 fully saturated rings. The lowest BCUT2D eigenvalue weighted by molar-refractivity contribution is 0.0510. The zero-order valence-electron chi connectivity index (χ0n) is 14.2. The van der Waals surface area contributed by atoms with E-state index >= 15 is 0 Å². The van der Waals surface area contributed by atoms with Gasteiger partial charge in [0.25, 0.3) is 0 Å². The molecule has 2 N–H and O–H groups in total. The average molecular weight is 326 g/mol. The Balaban J connectivity index is 1.57. The van der Waals surface area contributed by atoms with Gasteiger partial charge in [-0.15, -0.1) is 0 Å². The average Bonchev–Trinajstić information content (AvgIpc) is 2.67. The summed E-state index contributed by atoms with van der Waals surface area (Å²) in [5.41, 5.74) is 2.09. The van der Waals surface area contributed by atoms with Crippen molar-refractivity contribution < 1.29 is 9.84 Å². The third kappa shape index (κ3) is 4.35. The molecular formula is C20H26N2O2. The minimum atomic E-state index is -0.480. The van der Waals surface area contributed by atoms with Crippen molar-refractivity contribution in [3.63, 3.8) is 0 Å². The number of hydrogen-bond acceptors (Lipinski definition) is 4. The Morgan fingerprint density at radius 1 is 1.04 bits per heavy atom. The molecule has 1 aliphatic rings. The molecule has 0 spiro atoms. The third-order valence-corrected chi connectivity index (χ3v) is 4.65. The molecule has 3 rings (SSSR count). The quantitative estimate of drug-likeness (QED) is 0.856. The fraction of sp³-hybridized carbons (Fsp3) is 0.400. The highest BCUT2D eigenvalue weighted by Gasteiger charge is 2.24. The van der Waals surface area contributed by atoms with Crippen LogP contribution in [0.3, 0.4) is 0 Å². The summed E-state index contributed by atoms with van der Waals surface area (Å²) < 4.78 is 5.80. The number of ether oxygens (including phenoxy) is 1. The van der Waals surface area contributed by atoms with Crippen LogP contribution in [0.5, 0.6) is 5.75 Å². The highest BCUT2D eigenvalue weighted by Crippen LogP contribution is 2.24. The van der Waals surface area contributed by atoms with Crippen molar-refractivity contribution in [2.45, 2.75) is 25.7 Å². The number of aliphatic hydroxyl groups is 1. The van der Waals surface area contributed by atoms with Crippen LogP contribution >= 0.6 is 0 Å². The first-order valence-electron chi connectivity index (χ1n) is 8.63. The van der Waals surface area contributed by atoms with Gasteiger partial charge in [-0.05, 0) is 30.2 Å². The molecule has 24 heavy (non-hydrogen) atoms. The van der Waals surface area contributed by atoms with Crippen LogP contribution in [0.25, 0.3) is 0 Å². The molecule has 2 atom stereocenters. The summed E-state index contributed by atoms with van der Waals surface area (Å²) in [6.07, 6.45) is -0.480. The molecule has 0 amide bonds. The van der Waals surface area contributed by atoms with Crippen molar-refractivity contribution in [3.8, 4) is 5.75 Å². The number of aliphatic hydroxyl groups excluding tert-OH is 1. The van der Waals surface area contributed by atoms with E-state index in [-0.39, 0.29) is 6.04 Å². The number of nitrogens with zero attached hydrogens (tertiary/aromatic N) is 1. The van der Waals surface area contributed by atoms with Crippen molar-refractivity contribution in [3.05, 3.63) is 65.7 Å². The standard InChI is InChI=1S/C20H26N2O2/c1-16(22-13-11-21-12-14-22)20(23)18-7-9-19(10-8-18)24-15-17-5-3-2-4-6-17/h2-10,16,20-21,23H,11-15H2,1H3. The zero-order valence-corrected chi connectivity index (χ0v) is 14.2. The first kappa shape index (κ1) is 17.0. The fourth-order valence-electron chi connectivity index (χ4n) is 3.07. The normalized spacial score (nSPS) is 18.1. The molecule has 4 nitrogen and oxygen atoms in total. The molecule has 0 radical (unpaired) electrons. The first-order chi connectivity index (χ1) is 11.7. The van der Waals surface area contributed by atoms with Gasteiger partial charge in [0.05, 0.1) is 6.10 Å². The van der Waals surface area contributed by atoms with Gasteiger partial charge >= 0.3 is 0 Å². The number of piperazine rings is 1. The van der Waals surface area contributed by atoms with Gasteiger partial charge in [0.2, 0.25) is 0 Å². The van der Waals surface area contributed by atoms with E-state index in [0.29, 0.717) is 6.61 Å². The van der Waals surface area contributed by atoms with Crippen LogP contribution in [0.15, 0.2) is 54.6 Å². The van der Waals surface area contributed by atoms with Crippen molar-refractivity contribution in [1.82, 2.24) is 10.2 Å². The summed E-state index contributed by atoms with van der Waals surface area (Å²) in [5, 5.41) is 14.0. The first-order valence-corrected chi connectivity index (χ1v) is 8.63. The van der Waals surface area contributed by atoms with Gasteiger partial charge in [0.1, 0.15) is 12.4 Å². The predicted molar refractivity (Wildman–Crippen MR) is 96.1 cm³/mol. The SMILES string of the molecule is CC(C(O)c1ccc(OCc2ccccc2)cc1)N1CCNCC1. The van der Waals surface area contributed by atoms with E-state index in [1.165, 1.54) is 0 Å². The molecule has 1 aliphatic heterocycles. The van der Waals surface area contributed by atoms with Gasteiger partial charge in [-0.1, -0.05) is 42.5 Å². The van der Waals surface area contributed by atoms with Crippen LogP contribution in [0.4, 0.5) is 0 Å². The topological polar surface area (TPSA) is 44.7 Å². The minimum absolute atomic E-state index is 0.114. The van der Waals surface area contributed by atoms with Crippen molar-refractivity contribution in [2.24, 2.45) is 0 Å². The fourth-order valence-corrected chi connectivity index (χ4v) is 3.07. The smallest absolute Gasteiger partial charge is 0.119 e. The van der Waals surface area contributed by atoms with Gasteiger partial charge in [-0.25, -0.2) is 0 Å². The van der Waals surface area contributed by atoms with E-state index in [4.69, 9.17) is 4.74 Å². The van der Waals surface area contributed by atoms with E-state index in [0.717, 1.165) is 43.1 Å². The maximum atomic E-state index is 10.6. The predicted octanol–water partition coefficient (Wildman–Crippen LogP) is 2.59. The molecule has 2 aromatic rings. The summed E-state index contributed by atoms with van der Waals surface area (Å²) in [4.78, 5) is 2.33. The lowest BCUT2D eigenvalue weighted by atomic mass is 10.0. The molecule has 0 aliphatic carbocycles. The van der Waals surface area contributed by atoms with Crippen molar-refractivity contribution in [2.75, 3.05) is 26.2 Å². The highest BCUT2D eigenvalue weighted by molar-refractivity contribution is 5.29. The molecule has 1 heterocycles. The second-order valence-corrected chi connectivity index (χ2v) is 6.31. The van der Waals surface area contributed by atoms with Gasteiger partial charge in [-0.3, -0.25) is 4.90 Å². The third-order valence-electron chi connectivity index (χ3n) is 4.65. The molecule has 0 aromatic heterocycles. The Morgan fingerprint density at radius 3 is 2.38 bits per heavy atom. The highest BCUT2D eigenvalue weighted by atomic mass is 16.5. The van der Waals surface area contributed by atoms with Gasteiger partial charge in [0, 0.05) is 32.2 Å². The summed E-state index contributed by atoms with van der Waals surface area (Å²) in [5.74, 6) is 0.824. The monoisotopic (exact) mass is 326 g/mol. The number of nitrogens with one attached hydrogen (secondary N) is 1. The lowest BCUT2D eigenvalue weighted by Crippen LogP contribution is -2.49. The Labute approximate surface area is 144 Å². The summed E-state index contributed by atoms with van der Waals surface area (Å²) >= 11 is 0. The molecule has 2 unspecified atom stereocenters. The number of rotatable bonds is 6. The number of benzene rings is 2. The second-order valence-electron chi connectivity index (χ2n) is 6.31. The Kier molecular flexibility index (Phi) is 5.86. The molecular weight excluding hydrogens is 300 g/mol. The van der Waals surface area contributed by atoms with Crippen molar-refractivity contribution in [1.29, 1.82) is 0 Å². The summed E-state index contributed by atoms with van der Waals surface area (Å²) in [7, 11) is 0. The van der Waals surface area contributed by atoms with Crippen LogP contribution in [0, 0.1) is 0 Å². The summed E-state index contributed by atoms with van der Waals surface area (Å²) in [6.45, 7) is 6.59.